The van der Waals surface area contributed by atoms with E-state index in [1.807, 2.05) is 6.20 Å². The zero-order valence-corrected chi connectivity index (χ0v) is 13.4. The van der Waals surface area contributed by atoms with Crippen molar-refractivity contribution in [3.05, 3.63) is 22.8 Å². The Hall–Kier alpha value is -0.800. The highest BCUT2D eigenvalue weighted by Gasteiger charge is 2.20. The van der Waals surface area contributed by atoms with Gasteiger partial charge < -0.3 is 10.2 Å². The van der Waals surface area contributed by atoms with Crippen LogP contribution in [0.3, 0.4) is 0 Å². The largest absolute Gasteiger partial charge is 0.355 e. The van der Waals surface area contributed by atoms with E-state index in [9.17, 15) is 0 Å². The Kier molecular flexibility index (Phi) is 6.11. The number of nitrogens with one attached hydrogen (secondary N) is 1. The van der Waals surface area contributed by atoms with E-state index >= 15 is 0 Å². The number of rotatable bonds is 6. The van der Waals surface area contributed by atoms with Crippen LogP contribution in [-0.2, 0) is 6.54 Å². The zero-order valence-electron chi connectivity index (χ0n) is 12.7. The summed E-state index contributed by atoms with van der Waals surface area (Å²) in [5.74, 6) is 1.84. The smallest absolute Gasteiger partial charge is 0.147 e. The van der Waals surface area contributed by atoms with Crippen molar-refractivity contribution < 1.29 is 0 Å². The van der Waals surface area contributed by atoms with Crippen molar-refractivity contribution in [2.75, 3.05) is 24.5 Å². The molecule has 4 heteroatoms. The number of nitrogens with zero attached hydrogens (tertiary/aromatic N) is 2. The SMILES string of the molecule is CCCNCc1cnc(N2CCC(CC)CC2)c(Cl)c1. The van der Waals surface area contributed by atoms with Gasteiger partial charge in [-0.2, -0.15) is 0 Å². The summed E-state index contributed by atoms with van der Waals surface area (Å²) in [6.45, 7) is 8.49. The first-order valence-corrected chi connectivity index (χ1v) is 8.22. The summed E-state index contributed by atoms with van der Waals surface area (Å²) in [7, 11) is 0. The maximum atomic E-state index is 6.41. The van der Waals surface area contributed by atoms with Gasteiger partial charge in [0.2, 0.25) is 0 Å². The van der Waals surface area contributed by atoms with Crippen molar-refractivity contribution in [3.63, 3.8) is 0 Å². The molecule has 1 N–H and O–H groups in total. The van der Waals surface area contributed by atoms with Crippen LogP contribution in [0, 0.1) is 5.92 Å². The van der Waals surface area contributed by atoms with Crippen molar-refractivity contribution in [1.29, 1.82) is 0 Å². The third-order valence-corrected chi connectivity index (χ3v) is 4.40. The molecule has 2 rings (SSSR count). The van der Waals surface area contributed by atoms with Gasteiger partial charge in [0, 0.05) is 25.8 Å². The van der Waals surface area contributed by atoms with E-state index in [4.69, 9.17) is 11.6 Å². The molecule has 1 aliphatic rings. The lowest BCUT2D eigenvalue weighted by atomic mass is 9.94. The molecule has 0 atom stereocenters. The van der Waals surface area contributed by atoms with Crippen molar-refractivity contribution in [3.8, 4) is 0 Å². The molecule has 0 amide bonds. The van der Waals surface area contributed by atoms with Crippen LogP contribution in [0.5, 0.6) is 0 Å². The summed E-state index contributed by atoms with van der Waals surface area (Å²) in [5.41, 5.74) is 1.16. The highest BCUT2D eigenvalue weighted by Crippen LogP contribution is 2.29. The Bertz CT molecular complexity index is 414. The molecule has 0 aromatic carbocycles. The molecular formula is C16H26ClN3. The standard InChI is InChI=1S/C16H26ClN3/c1-3-7-18-11-14-10-15(17)16(19-12-14)20-8-5-13(4-2)6-9-20/h10,12-13,18H,3-9,11H2,1-2H3. The molecule has 0 saturated carbocycles. The monoisotopic (exact) mass is 295 g/mol. The lowest BCUT2D eigenvalue weighted by molar-refractivity contribution is 0.394. The van der Waals surface area contributed by atoms with Crippen molar-refractivity contribution in [2.45, 2.75) is 46.1 Å². The average molecular weight is 296 g/mol. The van der Waals surface area contributed by atoms with Crippen molar-refractivity contribution in [1.82, 2.24) is 10.3 Å². The van der Waals surface area contributed by atoms with E-state index in [1.165, 1.54) is 19.3 Å². The van der Waals surface area contributed by atoms with Crippen LogP contribution in [0.15, 0.2) is 12.3 Å². The fourth-order valence-electron chi connectivity index (χ4n) is 2.76. The first-order chi connectivity index (χ1) is 9.74. The lowest BCUT2D eigenvalue weighted by Crippen LogP contribution is -2.34. The van der Waals surface area contributed by atoms with Crippen LogP contribution in [0.4, 0.5) is 5.82 Å². The Morgan fingerprint density at radius 2 is 2.10 bits per heavy atom. The van der Waals surface area contributed by atoms with Gasteiger partial charge in [-0.15, -0.1) is 0 Å². The van der Waals surface area contributed by atoms with Gasteiger partial charge in [-0.1, -0.05) is 31.9 Å². The summed E-state index contributed by atoms with van der Waals surface area (Å²) >= 11 is 6.41. The Morgan fingerprint density at radius 1 is 1.35 bits per heavy atom. The van der Waals surface area contributed by atoms with E-state index in [-0.39, 0.29) is 0 Å². The number of pyridine rings is 1. The third kappa shape index (κ3) is 4.10. The quantitative estimate of drug-likeness (QED) is 0.808. The Morgan fingerprint density at radius 3 is 2.70 bits per heavy atom. The molecule has 0 bridgehead atoms. The molecule has 2 heterocycles. The summed E-state index contributed by atoms with van der Waals surface area (Å²) in [4.78, 5) is 6.92. The summed E-state index contributed by atoms with van der Waals surface area (Å²) in [5, 5.41) is 4.17. The van der Waals surface area contributed by atoms with Crippen LogP contribution in [0.25, 0.3) is 0 Å². The highest BCUT2D eigenvalue weighted by molar-refractivity contribution is 6.33. The Labute approximate surface area is 127 Å². The van der Waals surface area contributed by atoms with Crippen molar-refractivity contribution in [2.24, 2.45) is 5.92 Å². The number of halogens is 1. The predicted molar refractivity (Wildman–Crippen MR) is 86.5 cm³/mol. The Balaban J connectivity index is 1.95. The molecule has 1 saturated heterocycles. The van der Waals surface area contributed by atoms with Crippen LogP contribution in [0.2, 0.25) is 5.02 Å². The van der Waals surface area contributed by atoms with Gasteiger partial charge in [-0.3, -0.25) is 0 Å². The molecule has 112 valence electrons. The van der Waals surface area contributed by atoms with Gasteiger partial charge >= 0.3 is 0 Å². The molecular weight excluding hydrogens is 270 g/mol. The van der Waals surface area contributed by atoms with Gasteiger partial charge in [0.1, 0.15) is 5.82 Å². The van der Waals surface area contributed by atoms with Crippen LogP contribution in [0.1, 0.15) is 45.1 Å². The maximum absolute atomic E-state index is 6.41. The normalized spacial score (nSPS) is 16.6. The van der Waals surface area contributed by atoms with Crippen LogP contribution in [-0.4, -0.2) is 24.6 Å². The van der Waals surface area contributed by atoms with E-state index < -0.39 is 0 Å². The molecule has 0 unspecified atom stereocenters. The predicted octanol–water partition coefficient (Wildman–Crippen LogP) is 3.86. The summed E-state index contributed by atoms with van der Waals surface area (Å²) < 4.78 is 0. The lowest BCUT2D eigenvalue weighted by Gasteiger charge is -2.32. The average Bonchev–Trinajstić information content (AvgIpc) is 2.48. The maximum Gasteiger partial charge on any atom is 0.147 e. The fraction of sp³-hybridized carbons (Fsp3) is 0.688. The number of anilines is 1. The number of hydrogen-bond donors (Lipinski definition) is 1. The minimum atomic E-state index is 0.788. The molecule has 0 aliphatic carbocycles. The minimum absolute atomic E-state index is 0.788. The molecule has 3 nitrogen and oxygen atoms in total. The van der Waals surface area contributed by atoms with Gasteiger partial charge in [0.25, 0.3) is 0 Å². The van der Waals surface area contributed by atoms with E-state index in [0.717, 1.165) is 54.9 Å². The first kappa shape index (κ1) is 15.6. The molecule has 1 aromatic heterocycles. The van der Waals surface area contributed by atoms with E-state index in [2.05, 4.69) is 35.1 Å². The molecule has 1 fully saturated rings. The van der Waals surface area contributed by atoms with Gasteiger partial charge in [-0.25, -0.2) is 4.98 Å². The van der Waals surface area contributed by atoms with Crippen LogP contribution >= 0.6 is 11.6 Å². The van der Waals surface area contributed by atoms with E-state index in [0.29, 0.717) is 0 Å². The third-order valence-electron chi connectivity index (χ3n) is 4.13. The molecule has 0 radical (unpaired) electrons. The van der Waals surface area contributed by atoms with Crippen LogP contribution < -0.4 is 10.2 Å². The summed E-state index contributed by atoms with van der Waals surface area (Å²) in [6.07, 6.45) is 6.90. The number of piperidine rings is 1. The molecule has 1 aliphatic heterocycles. The molecule has 1 aromatic rings. The highest BCUT2D eigenvalue weighted by atomic mass is 35.5. The topological polar surface area (TPSA) is 28.2 Å². The fourth-order valence-corrected chi connectivity index (χ4v) is 3.07. The van der Waals surface area contributed by atoms with Gasteiger partial charge in [0.15, 0.2) is 0 Å². The minimum Gasteiger partial charge on any atom is -0.355 e. The second kappa shape index (κ2) is 7.84. The first-order valence-electron chi connectivity index (χ1n) is 7.84. The second-order valence-corrected chi connectivity index (χ2v) is 6.07. The number of aromatic nitrogens is 1. The second-order valence-electron chi connectivity index (χ2n) is 5.66. The van der Waals surface area contributed by atoms with Crippen molar-refractivity contribution >= 4 is 17.4 Å². The zero-order chi connectivity index (χ0) is 14.4. The van der Waals surface area contributed by atoms with Gasteiger partial charge in [-0.05, 0) is 43.4 Å². The number of hydrogen-bond acceptors (Lipinski definition) is 3. The molecule has 0 spiro atoms. The summed E-state index contributed by atoms with van der Waals surface area (Å²) in [6, 6.07) is 2.05. The van der Waals surface area contributed by atoms with E-state index in [1.54, 1.807) is 0 Å². The molecule has 20 heavy (non-hydrogen) atoms. The van der Waals surface area contributed by atoms with Gasteiger partial charge in [0.05, 0.1) is 5.02 Å².